The quantitative estimate of drug-likeness (QED) is 0.409. The van der Waals surface area contributed by atoms with Gasteiger partial charge in [-0.1, -0.05) is 51.5 Å². The topological polar surface area (TPSA) is 47.6 Å². The molecule has 0 aliphatic heterocycles. The number of hydrogen-bond acceptors (Lipinski definition) is 3. The highest BCUT2D eigenvalue weighted by Crippen LogP contribution is 2.26. The molecular formula is C24H31NO3. The number of carbonyl (C=O) groups excluding carboxylic acids is 1. The van der Waals surface area contributed by atoms with Gasteiger partial charge in [0, 0.05) is 5.57 Å². The van der Waals surface area contributed by atoms with E-state index in [0.717, 1.165) is 29.7 Å². The zero-order chi connectivity index (χ0) is 20.4. The molecule has 0 bridgehead atoms. The van der Waals surface area contributed by atoms with Gasteiger partial charge >= 0.3 is 0 Å². The summed E-state index contributed by atoms with van der Waals surface area (Å²) in [6, 6.07) is 15.3. The first kappa shape index (κ1) is 21.5. The Morgan fingerprint density at radius 3 is 2.46 bits per heavy atom. The molecule has 0 unspecified atom stereocenters. The molecule has 0 fully saturated rings. The maximum atomic E-state index is 13.0. The minimum atomic E-state index is -0.101. The van der Waals surface area contributed by atoms with Crippen LogP contribution in [0.5, 0.6) is 11.5 Å². The van der Waals surface area contributed by atoms with Gasteiger partial charge in [0.15, 0.2) is 0 Å². The van der Waals surface area contributed by atoms with E-state index in [2.05, 4.69) is 26.1 Å². The van der Waals surface area contributed by atoms with Gasteiger partial charge in [0.1, 0.15) is 11.5 Å². The van der Waals surface area contributed by atoms with Crippen LogP contribution in [-0.4, -0.2) is 19.6 Å². The lowest BCUT2D eigenvalue weighted by atomic mass is 9.99. The molecule has 2 rings (SSSR count). The molecule has 0 saturated heterocycles. The maximum absolute atomic E-state index is 13.0. The van der Waals surface area contributed by atoms with Crippen molar-refractivity contribution in [2.24, 2.45) is 5.92 Å². The first-order chi connectivity index (χ1) is 13.5. The predicted molar refractivity (Wildman–Crippen MR) is 116 cm³/mol. The lowest BCUT2D eigenvalue weighted by Gasteiger charge is -2.15. The van der Waals surface area contributed by atoms with Crippen molar-refractivity contribution >= 4 is 17.7 Å². The standard InChI is InChI=1S/C24H31NO3/c1-5-6-15-28-23-10-8-7-9-22(23)25-24(26)20(16-18(2)3)17-19-11-13-21(27-4)14-12-19/h7-14,17-18H,5-6,15-16H2,1-4H3,(H,25,26)/b20-17+. The molecule has 0 spiro atoms. The van der Waals surface area contributed by atoms with Gasteiger partial charge in [-0.15, -0.1) is 0 Å². The van der Waals surface area contributed by atoms with Gasteiger partial charge in [0.05, 0.1) is 19.4 Å². The Bertz CT molecular complexity index is 779. The highest BCUT2D eigenvalue weighted by molar-refractivity contribution is 6.07. The van der Waals surface area contributed by atoms with Gasteiger partial charge < -0.3 is 14.8 Å². The Morgan fingerprint density at radius 2 is 1.82 bits per heavy atom. The third-order valence-corrected chi connectivity index (χ3v) is 4.27. The first-order valence-corrected chi connectivity index (χ1v) is 9.91. The van der Waals surface area contributed by atoms with Crippen LogP contribution in [0.3, 0.4) is 0 Å². The number of ether oxygens (including phenoxy) is 2. The van der Waals surface area contributed by atoms with E-state index in [9.17, 15) is 4.79 Å². The number of hydrogen-bond donors (Lipinski definition) is 1. The van der Waals surface area contributed by atoms with E-state index >= 15 is 0 Å². The van der Waals surface area contributed by atoms with Gasteiger partial charge in [-0.25, -0.2) is 0 Å². The van der Waals surface area contributed by atoms with E-state index in [1.165, 1.54) is 0 Å². The Hall–Kier alpha value is -2.75. The molecular weight excluding hydrogens is 350 g/mol. The van der Waals surface area contributed by atoms with Gasteiger partial charge in [0.2, 0.25) is 0 Å². The van der Waals surface area contributed by atoms with E-state index in [-0.39, 0.29) is 5.91 Å². The molecule has 0 aliphatic rings. The van der Waals surface area contributed by atoms with Crippen molar-refractivity contribution in [3.63, 3.8) is 0 Å². The van der Waals surface area contributed by atoms with Gasteiger partial charge in [-0.05, 0) is 54.7 Å². The first-order valence-electron chi connectivity index (χ1n) is 9.91. The minimum Gasteiger partial charge on any atom is -0.497 e. The summed E-state index contributed by atoms with van der Waals surface area (Å²) in [4.78, 5) is 13.0. The fraction of sp³-hybridized carbons (Fsp3) is 0.375. The van der Waals surface area contributed by atoms with E-state index in [0.29, 0.717) is 30.4 Å². The molecule has 0 aliphatic carbocycles. The van der Waals surface area contributed by atoms with Crippen molar-refractivity contribution < 1.29 is 14.3 Å². The van der Waals surface area contributed by atoms with Crippen molar-refractivity contribution in [2.75, 3.05) is 19.0 Å². The molecule has 2 aromatic carbocycles. The fourth-order valence-corrected chi connectivity index (χ4v) is 2.78. The summed E-state index contributed by atoms with van der Waals surface area (Å²) < 4.78 is 11.0. The average molecular weight is 382 g/mol. The molecule has 0 radical (unpaired) electrons. The van der Waals surface area contributed by atoms with Crippen molar-refractivity contribution in [3.8, 4) is 11.5 Å². The van der Waals surface area contributed by atoms with Crippen LogP contribution in [0.2, 0.25) is 0 Å². The van der Waals surface area contributed by atoms with Crippen LogP contribution in [0.15, 0.2) is 54.1 Å². The van der Waals surface area contributed by atoms with Gasteiger partial charge in [-0.2, -0.15) is 0 Å². The van der Waals surface area contributed by atoms with E-state index in [4.69, 9.17) is 9.47 Å². The highest BCUT2D eigenvalue weighted by Gasteiger charge is 2.14. The highest BCUT2D eigenvalue weighted by atomic mass is 16.5. The van der Waals surface area contributed by atoms with Crippen molar-refractivity contribution in [1.29, 1.82) is 0 Å². The summed E-state index contributed by atoms with van der Waals surface area (Å²) in [5.74, 6) is 1.77. The summed E-state index contributed by atoms with van der Waals surface area (Å²) in [5, 5.41) is 3.03. The summed E-state index contributed by atoms with van der Waals surface area (Å²) in [5.41, 5.74) is 2.41. The third kappa shape index (κ3) is 6.76. The number of rotatable bonds is 10. The van der Waals surface area contributed by atoms with E-state index < -0.39 is 0 Å². The zero-order valence-electron chi connectivity index (χ0n) is 17.3. The smallest absolute Gasteiger partial charge is 0.251 e. The fourth-order valence-electron chi connectivity index (χ4n) is 2.78. The van der Waals surface area contributed by atoms with Crippen molar-refractivity contribution in [2.45, 2.75) is 40.0 Å². The maximum Gasteiger partial charge on any atom is 0.251 e. The number of amides is 1. The number of carbonyl (C=O) groups is 1. The third-order valence-electron chi connectivity index (χ3n) is 4.27. The van der Waals surface area contributed by atoms with Crippen molar-refractivity contribution in [1.82, 2.24) is 0 Å². The molecule has 0 aromatic heterocycles. The summed E-state index contributed by atoms with van der Waals surface area (Å²) >= 11 is 0. The van der Waals surface area contributed by atoms with Gasteiger partial charge in [-0.3, -0.25) is 4.79 Å². The molecule has 150 valence electrons. The number of nitrogens with one attached hydrogen (secondary N) is 1. The molecule has 0 atom stereocenters. The van der Waals surface area contributed by atoms with Crippen molar-refractivity contribution in [3.05, 3.63) is 59.7 Å². The lowest BCUT2D eigenvalue weighted by molar-refractivity contribution is -0.113. The molecule has 4 nitrogen and oxygen atoms in total. The van der Waals surface area contributed by atoms with Crippen LogP contribution in [0, 0.1) is 5.92 Å². The minimum absolute atomic E-state index is 0.101. The van der Waals surface area contributed by atoms with E-state index in [1.54, 1.807) is 7.11 Å². The SMILES string of the molecule is CCCCOc1ccccc1NC(=O)/C(=C/c1ccc(OC)cc1)CC(C)C. The van der Waals surface area contributed by atoms with Crippen LogP contribution in [0.4, 0.5) is 5.69 Å². The summed E-state index contributed by atoms with van der Waals surface area (Å²) in [7, 11) is 1.64. The molecule has 4 heteroatoms. The summed E-state index contributed by atoms with van der Waals surface area (Å²) in [6.45, 7) is 6.98. The number of benzene rings is 2. The largest absolute Gasteiger partial charge is 0.497 e. The van der Waals surface area contributed by atoms with Crippen LogP contribution in [-0.2, 0) is 4.79 Å². The van der Waals surface area contributed by atoms with Gasteiger partial charge in [0.25, 0.3) is 5.91 Å². The lowest BCUT2D eigenvalue weighted by Crippen LogP contribution is -2.16. The number of methoxy groups -OCH3 is 1. The second-order valence-corrected chi connectivity index (χ2v) is 7.19. The number of para-hydroxylation sites is 2. The van der Waals surface area contributed by atoms with Crippen LogP contribution in [0.1, 0.15) is 45.6 Å². The normalized spacial score (nSPS) is 11.4. The molecule has 28 heavy (non-hydrogen) atoms. The monoisotopic (exact) mass is 381 g/mol. The average Bonchev–Trinajstić information content (AvgIpc) is 2.69. The molecule has 2 aromatic rings. The Morgan fingerprint density at radius 1 is 1.11 bits per heavy atom. The number of unbranched alkanes of at least 4 members (excludes halogenated alkanes) is 1. The summed E-state index contributed by atoms with van der Waals surface area (Å²) in [6.07, 6.45) is 4.68. The molecule has 0 saturated carbocycles. The van der Waals surface area contributed by atoms with Crippen LogP contribution in [0.25, 0.3) is 6.08 Å². The molecule has 1 N–H and O–H groups in total. The predicted octanol–water partition coefficient (Wildman–Crippen LogP) is 5.94. The van der Waals surface area contributed by atoms with Crippen LogP contribution < -0.4 is 14.8 Å². The Balaban J connectivity index is 2.20. The second-order valence-electron chi connectivity index (χ2n) is 7.19. The zero-order valence-corrected chi connectivity index (χ0v) is 17.3. The number of anilines is 1. The Labute approximate surface area is 168 Å². The van der Waals surface area contributed by atoms with Crippen LogP contribution >= 0.6 is 0 Å². The van der Waals surface area contributed by atoms with E-state index in [1.807, 2.05) is 54.6 Å². The molecule has 1 amide bonds. The second kappa shape index (κ2) is 11.2. The Kier molecular flexibility index (Phi) is 8.60. The molecule has 0 heterocycles.